The summed E-state index contributed by atoms with van der Waals surface area (Å²) < 4.78 is 44.8. The second-order valence-corrected chi connectivity index (χ2v) is 7.41. The molecule has 2 rings (SSSR count). The molecule has 21 heavy (non-hydrogen) atoms. The van der Waals surface area contributed by atoms with Crippen molar-refractivity contribution in [2.75, 3.05) is 5.32 Å². The van der Waals surface area contributed by atoms with Gasteiger partial charge in [0.2, 0.25) is 0 Å². The highest BCUT2D eigenvalue weighted by Gasteiger charge is 2.46. The van der Waals surface area contributed by atoms with Crippen LogP contribution in [0.15, 0.2) is 22.7 Å². The lowest BCUT2D eigenvalue weighted by Gasteiger charge is -2.28. The Morgan fingerprint density at radius 3 is 2.33 bits per heavy atom. The van der Waals surface area contributed by atoms with Crippen LogP contribution in [-0.4, -0.2) is 17.2 Å². The number of rotatable bonds is 2. The van der Waals surface area contributed by atoms with Crippen molar-refractivity contribution in [3.63, 3.8) is 0 Å². The Morgan fingerprint density at radius 2 is 1.86 bits per heavy atom. The lowest BCUT2D eigenvalue weighted by Crippen LogP contribution is -2.38. The molecule has 1 atom stereocenters. The Labute approximate surface area is 131 Å². The molecule has 0 bridgehead atoms. The average Bonchev–Trinajstić information content (AvgIpc) is 2.47. The molecule has 1 N–H and O–H groups in total. The fourth-order valence-electron chi connectivity index (χ4n) is 2.82. The Hall–Kier alpha value is -0.750. The summed E-state index contributed by atoms with van der Waals surface area (Å²) in [5.74, 6) is 0. The molecule has 0 aliphatic carbocycles. The zero-order valence-corrected chi connectivity index (χ0v) is 14.0. The van der Waals surface area contributed by atoms with Crippen molar-refractivity contribution in [2.24, 2.45) is 0 Å². The minimum Gasteiger partial charge on any atom is -0.379 e. The number of ether oxygens (including phenoxy) is 1. The highest BCUT2D eigenvalue weighted by molar-refractivity contribution is 9.10. The first-order valence-corrected chi connectivity index (χ1v) is 7.53. The van der Waals surface area contributed by atoms with Gasteiger partial charge in [0.15, 0.2) is 0 Å². The van der Waals surface area contributed by atoms with Gasteiger partial charge in [-0.1, -0.05) is 15.9 Å². The van der Waals surface area contributed by atoms with E-state index in [2.05, 4.69) is 21.2 Å². The van der Waals surface area contributed by atoms with Gasteiger partial charge in [0.1, 0.15) is 0 Å². The van der Waals surface area contributed by atoms with Gasteiger partial charge in [0.05, 0.1) is 22.8 Å². The van der Waals surface area contributed by atoms with Crippen LogP contribution in [0.3, 0.4) is 0 Å². The van der Waals surface area contributed by atoms with E-state index in [0.717, 1.165) is 12.5 Å². The number of hydrogen-bond acceptors (Lipinski definition) is 2. The van der Waals surface area contributed by atoms with Crippen LogP contribution in [-0.2, 0) is 10.9 Å². The van der Waals surface area contributed by atoms with Gasteiger partial charge >= 0.3 is 6.18 Å². The lowest BCUT2D eigenvalue weighted by atomic mass is 9.94. The lowest BCUT2D eigenvalue weighted by molar-refractivity contribution is -0.138. The van der Waals surface area contributed by atoms with Crippen LogP contribution in [0, 0.1) is 0 Å². The highest BCUT2D eigenvalue weighted by Crippen LogP contribution is 2.40. The first kappa shape index (κ1) is 16.6. The van der Waals surface area contributed by atoms with E-state index >= 15 is 0 Å². The van der Waals surface area contributed by atoms with Crippen LogP contribution < -0.4 is 5.32 Å². The van der Waals surface area contributed by atoms with Crippen LogP contribution in [0.1, 0.15) is 39.7 Å². The Morgan fingerprint density at radius 1 is 1.24 bits per heavy atom. The SMILES string of the molecule is CC1(C)CC(Nc2ccc(Br)c(C(F)(F)F)c2)C(C)(C)O1. The number of hydrogen-bond donors (Lipinski definition) is 1. The Kier molecular flexibility index (Phi) is 4.08. The van der Waals surface area contributed by atoms with Gasteiger partial charge in [-0.3, -0.25) is 0 Å². The van der Waals surface area contributed by atoms with Crippen molar-refractivity contribution >= 4 is 21.6 Å². The number of benzene rings is 1. The maximum absolute atomic E-state index is 12.9. The maximum atomic E-state index is 12.9. The van der Waals surface area contributed by atoms with E-state index in [1.54, 1.807) is 6.07 Å². The number of nitrogens with one attached hydrogen (secondary N) is 1. The zero-order valence-electron chi connectivity index (χ0n) is 12.4. The second kappa shape index (κ2) is 5.16. The normalized spacial score (nSPS) is 24.1. The molecule has 1 aliphatic heterocycles. The number of halogens is 4. The highest BCUT2D eigenvalue weighted by atomic mass is 79.9. The fourth-order valence-corrected chi connectivity index (χ4v) is 3.29. The minimum atomic E-state index is -4.38. The van der Waals surface area contributed by atoms with Gasteiger partial charge in [0.25, 0.3) is 0 Å². The van der Waals surface area contributed by atoms with Crippen molar-refractivity contribution in [1.29, 1.82) is 0 Å². The molecule has 2 nitrogen and oxygen atoms in total. The molecule has 1 saturated heterocycles. The van der Waals surface area contributed by atoms with E-state index in [1.807, 2.05) is 27.7 Å². The van der Waals surface area contributed by atoms with Gasteiger partial charge in [0, 0.05) is 10.2 Å². The molecule has 0 spiro atoms. The predicted octanol–water partition coefficient (Wildman–Crippen LogP) is 5.23. The maximum Gasteiger partial charge on any atom is 0.417 e. The van der Waals surface area contributed by atoms with Crippen LogP contribution in [0.2, 0.25) is 0 Å². The van der Waals surface area contributed by atoms with E-state index in [4.69, 9.17) is 4.74 Å². The summed E-state index contributed by atoms with van der Waals surface area (Å²) >= 11 is 2.95. The van der Waals surface area contributed by atoms with Crippen LogP contribution in [0.4, 0.5) is 18.9 Å². The van der Waals surface area contributed by atoms with Crippen molar-refractivity contribution in [3.05, 3.63) is 28.2 Å². The van der Waals surface area contributed by atoms with E-state index in [0.29, 0.717) is 5.69 Å². The van der Waals surface area contributed by atoms with Crippen LogP contribution in [0.5, 0.6) is 0 Å². The van der Waals surface area contributed by atoms with Gasteiger partial charge in [-0.05, 0) is 52.3 Å². The molecule has 6 heteroatoms. The largest absolute Gasteiger partial charge is 0.417 e. The molecule has 1 aromatic rings. The molecule has 0 amide bonds. The Bertz CT molecular complexity index is 540. The number of alkyl halides is 3. The third-order valence-electron chi connectivity index (χ3n) is 3.69. The van der Waals surface area contributed by atoms with Crippen molar-refractivity contribution in [3.8, 4) is 0 Å². The third kappa shape index (κ3) is 3.72. The van der Waals surface area contributed by atoms with E-state index in [1.165, 1.54) is 6.07 Å². The second-order valence-electron chi connectivity index (χ2n) is 6.56. The first-order valence-electron chi connectivity index (χ1n) is 6.74. The van der Waals surface area contributed by atoms with Crippen molar-refractivity contribution in [1.82, 2.24) is 0 Å². The molecule has 0 radical (unpaired) electrons. The van der Waals surface area contributed by atoms with Gasteiger partial charge in [-0.25, -0.2) is 0 Å². The smallest absolute Gasteiger partial charge is 0.379 e. The summed E-state index contributed by atoms with van der Waals surface area (Å²) in [5, 5.41) is 3.18. The van der Waals surface area contributed by atoms with Gasteiger partial charge in [-0.2, -0.15) is 13.2 Å². The predicted molar refractivity (Wildman–Crippen MR) is 80.4 cm³/mol. The molecule has 1 aliphatic rings. The van der Waals surface area contributed by atoms with E-state index in [9.17, 15) is 13.2 Å². The summed E-state index contributed by atoms with van der Waals surface area (Å²) in [4.78, 5) is 0. The fraction of sp³-hybridized carbons (Fsp3) is 0.600. The van der Waals surface area contributed by atoms with Gasteiger partial charge < -0.3 is 10.1 Å². The molecule has 118 valence electrons. The first-order chi connectivity index (χ1) is 9.41. The van der Waals surface area contributed by atoms with E-state index in [-0.39, 0.29) is 16.1 Å². The zero-order chi connectivity index (χ0) is 16.1. The quantitative estimate of drug-likeness (QED) is 0.774. The summed E-state index contributed by atoms with van der Waals surface area (Å²) in [6.07, 6.45) is -3.64. The molecule has 1 heterocycles. The van der Waals surface area contributed by atoms with Crippen LogP contribution in [0.25, 0.3) is 0 Å². The molecule has 0 saturated carbocycles. The summed E-state index contributed by atoms with van der Waals surface area (Å²) in [6, 6.07) is 4.14. The standard InChI is InChI=1S/C15H19BrF3NO/c1-13(2)8-12(14(3,4)21-13)20-9-5-6-11(16)10(7-9)15(17,18)19/h5-7,12,20H,8H2,1-4H3. The molecule has 0 aromatic heterocycles. The summed E-state index contributed by atoms with van der Waals surface area (Å²) in [5.41, 5.74) is -0.952. The van der Waals surface area contributed by atoms with Crippen molar-refractivity contribution in [2.45, 2.75) is 57.5 Å². The average molecular weight is 366 g/mol. The molecular formula is C15H19BrF3NO. The summed E-state index contributed by atoms with van der Waals surface area (Å²) in [7, 11) is 0. The summed E-state index contributed by atoms with van der Waals surface area (Å²) in [6.45, 7) is 7.87. The van der Waals surface area contributed by atoms with Gasteiger partial charge in [-0.15, -0.1) is 0 Å². The molecule has 1 unspecified atom stereocenters. The van der Waals surface area contributed by atoms with E-state index < -0.39 is 17.3 Å². The minimum absolute atomic E-state index is 0.0443. The van der Waals surface area contributed by atoms with Crippen molar-refractivity contribution < 1.29 is 17.9 Å². The monoisotopic (exact) mass is 365 g/mol. The third-order valence-corrected chi connectivity index (χ3v) is 4.38. The molecule has 1 fully saturated rings. The topological polar surface area (TPSA) is 21.3 Å². The number of anilines is 1. The van der Waals surface area contributed by atoms with Crippen LogP contribution >= 0.6 is 15.9 Å². The Balaban J connectivity index is 2.25. The molecular weight excluding hydrogens is 347 g/mol. The molecule has 1 aromatic carbocycles.